The van der Waals surface area contributed by atoms with Gasteiger partial charge in [0.05, 0.1) is 0 Å². The molecular formula is C22H32O2. The van der Waals surface area contributed by atoms with E-state index in [2.05, 4.69) is 0 Å². The second-order valence-corrected chi connectivity index (χ2v) is 3.87. The Labute approximate surface area is 147 Å². The number of para-hydroxylation sites is 1. The highest BCUT2D eigenvalue weighted by Gasteiger charge is 1.91. The Hall–Kier alpha value is -2.48. The van der Waals surface area contributed by atoms with Gasteiger partial charge in [-0.3, -0.25) is 0 Å². The van der Waals surface area contributed by atoms with Gasteiger partial charge in [-0.05, 0) is 35.0 Å². The van der Waals surface area contributed by atoms with E-state index in [1.165, 1.54) is 0 Å². The second kappa shape index (κ2) is 16.9. The molecule has 0 aliphatic carbocycles. The SMILES string of the molecule is CC.CC.CC.Oc1ccc2ccccc2c1.Oc1ccccc1. The number of phenols is 2. The summed E-state index contributed by atoms with van der Waals surface area (Å²) >= 11 is 0. The van der Waals surface area contributed by atoms with Crippen LogP contribution in [0.4, 0.5) is 0 Å². The van der Waals surface area contributed by atoms with Crippen LogP contribution in [0.2, 0.25) is 0 Å². The van der Waals surface area contributed by atoms with Crippen molar-refractivity contribution in [1.29, 1.82) is 0 Å². The van der Waals surface area contributed by atoms with Gasteiger partial charge >= 0.3 is 0 Å². The minimum atomic E-state index is 0.322. The molecule has 0 fully saturated rings. The van der Waals surface area contributed by atoms with Crippen molar-refractivity contribution >= 4 is 10.8 Å². The van der Waals surface area contributed by atoms with Crippen LogP contribution in [0.3, 0.4) is 0 Å². The zero-order valence-corrected chi connectivity index (χ0v) is 15.8. The monoisotopic (exact) mass is 328 g/mol. The lowest BCUT2D eigenvalue weighted by atomic mass is 10.1. The molecular weight excluding hydrogens is 296 g/mol. The fourth-order valence-electron chi connectivity index (χ4n) is 1.60. The second-order valence-electron chi connectivity index (χ2n) is 3.87. The van der Waals surface area contributed by atoms with E-state index in [0.717, 1.165) is 10.8 Å². The zero-order chi connectivity index (χ0) is 18.8. The first kappa shape index (κ1) is 23.8. The molecule has 3 rings (SSSR count). The average Bonchev–Trinajstić information content (AvgIpc) is 2.68. The average molecular weight is 328 g/mol. The van der Waals surface area contributed by atoms with Gasteiger partial charge in [0.1, 0.15) is 11.5 Å². The van der Waals surface area contributed by atoms with Gasteiger partial charge in [0.2, 0.25) is 0 Å². The molecule has 24 heavy (non-hydrogen) atoms. The molecule has 3 aromatic carbocycles. The summed E-state index contributed by atoms with van der Waals surface area (Å²) < 4.78 is 0. The van der Waals surface area contributed by atoms with Crippen LogP contribution >= 0.6 is 0 Å². The normalized spacial score (nSPS) is 7.92. The number of hydrogen-bond acceptors (Lipinski definition) is 2. The molecule has 0 heterocycles. The van der Waals surface area contributed by atoms with Crippen molar-refractivity contribution in [3.63, 3.8) is 0 Å². The van der Waals surface area contributed by atoms with Crippen LogP contribution in [-0.4, -0.2) is 10.2 Å². The Morgan fingerprint density at radius 3 is 1.38 bits per heavy atom. The van der Waals surface area contributed by atoms with E-state index in [1.54, 1.807) is 36.4 Å². The van der Waals surface area contributed by atoms with E-state index in [1.807, 2.05) is 77.9 Å². The highest BCUT2D eigenvalue weighted by atomic mass is 16.3. The fraction of sp³-hybridized carbons (Fsp3) is 0.273. The van der Waals surface area contributed by atoms with Crippen LogP contribution in [0.15, 0.2) is 72.8 Å². The lowest BCUT2D eigenvalue weighted by Gasteiger charge is -1.96. The van der Waals surface area contributed by atoms with Gasteiger partial charge < -0.3 is 10.2 Å². The molecule has 3 aromatic rings. The molecule has 0 aromatic heterocycles. The molecule has 0 aliphatic heterocycles. The van der Waals surface area contributed by atoms with Crippen LogP contribution in [0, 0.1) is 0 Å². The lowest BCUT2D eigenvalue weighted by molar-refractivity contribution is 0.475. The van der Waals surface area contributed by atoms with Gasteiger partial charge in [0.15, 0.2) is 0 Å². The van der Waals surface area contributed by atoms with E-state index in [-0.39, 0.29) is 0 Å². The van der Waals surface area contributed by atoms with E-state index in [9.17, 15) is 0 Å². The maximum atomic E-state index is 9.13. The first-order chi connectivity index (χ1) is 11.8. The van der Waals surface area contributed by atoms with E-state index in [0.29, 0.717) is 11.5 Å². The van der Waals surface area contributed by atoms with Crippen molar-refractivity contribution < 1.29 is 10.2 Å². The summed E-state index contributed by atoms with van der Waals surface area (Å²) in [5, 5.41) is 20.0. The van der Waals surface area contributed by atoms with E-state index >= 15 is 0 Å². The summed E-state index contributed by atoms with van der Waals surface area (Å²) in [7, 11) is 0. The molecule has 2 heteroatoms. The van der Waals surface area contributed by atoms with Gasteiger partial charge in [-0.1, -0.05) is 90.1 Å². The summed E-state index contributed by atoms with van der Waals surface area (Å²) in [6.07, 6.45) is 0. The molecule has 2 nitrogen and oxygen atoms in total. The third-order valence-corrected chi connectivity index (χ3v) is 2.49. The van der Waals surface area contributed by atoms with E-state index < -0.39 is 0 Å². The number of benzene rings is 3. The first-order valence-electron chi connectivity index (χ1n) is 8.67. The van der Waals surface area contributed by atoms with Gasteiger partial charge in [0, 0.05) is 0 Å². The molecule has 0 saturated heterocycles. The topological polar surface area (TPSA) is 40.5 Å². The van der Waals surface area contributed by atoms with Crippen LogP contribution < -0.4 is 0 Å². The Kier molecular flexibility index (Phi) is 16.7. The standard InChI is InChI=1S/C10H8O.C6H6O.3C2H6/c11-10-6-5-8-3-1-2-4-9(8)7-10;7-6-4-2-1-3-5-6;3*1-2/h1-7,11H;1-5,7H;3*1-2H3. The van der Waals surface area contributed by atoms with Crippen LogP contribution in [-0.2, 0) is 0 Å². The van der Waals surface area contributed by atoms with Gasteiger partial charge in [-0.2, -0.15) is 0 Å². The zero-order valence-electron chi connectivity index (χ0n) is 15.8. The molecule has 2 N–H and O–H groups in total. The number of rotatable bonds is 0. The number of aromatic hydroxyl groups is 2. The highest BCUT2D eigenvalue weighted by Crippen LogP contribution is 2.18. The third kappa shape index (κ3) is 10.3. The summed E-state index contributed by atoms with van der Waals surface area (Å²) in [5.74, 6) is 0.645. The minimum absolute atomic E-state index is 0.322. The molecule has 0 aliphatic rings. The van der Waals surface area contributed by atoms with Gasteiger partial charge in [0.25, 0.3) is 0 Å². The van der Waals surface area contributed by atoms with Gasteiger partial charge in [-0.25, -0.2) is 0 Å². The Bertz CT molecular complexity index is 619. The number of phenolic OH excluding ortho intramolecular Hbond substituents is 2. The first-order valence-corrected chi connectivity index (χ1v) is 8.67. The van der Waals surface area contributed by atoms with Crippen molar-refractivity contribution in [3.8, 4) is 11.5 Å². The summed E-state index contributed by atoms with van der Waals surface area (Å²) in [6.45, 7) is 12.0. The molecule has 132 valence electrons. The van der Waals surface area contributed by atoms with E-state index in [4.69, 9.17) is 10.2 Å². The predicted octanol–water partition coefficient (Wildman–Crippen LogP) is 7.02. The maximum Gasteiger partial charge on any atom is 0.116 e. The quantitative estimate of drug-likeness (QED) is 0.465. The lowest BCUT2D eigenvalue weighted by Crippen LogP contribution is -1.69. The molecule has 0 saturated carbocycles. The maximum absolute atomic E-state index is 9.13. The summed E-state index contributed by atoms with van der Waals surface area (Å²) in [6, 6.07) is 22.0. The minimum Gasteiger partial charge on any atom is -0.508 e. The summed E-state index contributed by atoms with van der Waals surface area (Å²) in [5.41, 5.74) is 0. The highest BCUT2D eigenvalue weighted by molar-refractivity contribution is 5.83. The smallest absolute Gasteiger partial charge is 0.116 e. The Morgan fingerprint density at radius 1 is 0.458 bits per heavy atom. The number of hydrogen-bond donors (Lipinski definition) is 2. The Balaban J connectivity index is 0. The van der Waals surface area contributed by atoms with Crippen molar-refractivity contribution in [2.24, 2.45) is 0 Å². The van der Waals surface area contributed by atoms with Crippen molar-refractivity contribution in [2.45, 2.75) is 41.5 Å². The molecule has 0 atom stereocenters. The van der Waals surface area contributed by atoms with Crippen LogP contribution in [0.25, 0.3) is 10.8 Å². The molecule has 0 unspecified atom stereocenters. The Morgan fingerprint density at radius 2 is 0.917 bits per heavy atom. The number of fused-ring (bicyclic) bond motifs is 1. The molecule has 0 bridgehead atoms. The van der Waals surface area contributed by atoms with Crippen molar-refractivity contribution in [1.82, 2.24) is 0 Å². The van der Waals surface area contributed by atoms with Crippen molar-refractivity contribution in [2.75, 3.05) is 0 Å². The van der Waals surface area contributed by atoms with Crippen molar-refractivity contribution in [3.05, 3.63) is 72.8 Å². The molecule has 0 amide bonds. The molecule has 0 spiro atoms. The molecule has 0 radical (unpaired) electrons. The van der Waals surface area contributed by atoms with Crippen LogP contribution in [0.5, 0.6) is 11.5 Å². The van der Waals surface area contributed by atoms with Gasteiger partial charge in [-0.15, -0.1) is 0 Å². The fourth-order valence-corrected chi connectivity index (χ4v) is 1.60. The largest absolute Gasteiger partial charge is 0.508 e. The third-order valence-electron chi connectivity index (χ3n) is 2.49. The van der Waals surface area contributed by atoms with Crippen LogP contribution in [0.1, 0.15) is 41.5 Å². The predicted molar refractivity (Wildman–Crippen MR) is 108 cm³/mol. The summed E-state index contributed by atoms with van der Waals surface area (Å²) in [4.78, 5) is 0.